The van der Waals surface area contributed by atoms with Gasteiger partial charge in [-0.3, -0.25) is 4.79 Å². The number of carbonyl (C=O) groups is 1. The molecule has 0 saturated carbocycles. The van der Waals surface area contributed by atoms with Gasteiger partial charge in [-0.15, -0.1) is 0 Å². The first kappa shape index (κ1) is 13.1. The zero-order valence-electron chi connectivity index (χ0n) is 8.89. The van der Waals surface area contributed by atoms with Gasteiger partial charge in [-0.1, -0.05) is 12.1 Å². The number of aryl methyl sites for hydroxylation is 1. The zero-order chi connectivity index (χ0) is 12.3. The van der Waals surface area contributed by atoms with Crippen LogP contribution in [0.1, 0.15) is 18.1 Å². The molecule has 0 atom stereocenters. The molecule has 0 saturated heterocycles. The smallest absolute Gasteiger partial charge is 0.300 e. The molecule has 1 aromatic rings. The van der Waals surface area contributed by atoms with E-state index >= 15 is 0 Å². The summed E-state index contributed by atoms with van der Waals surface area (Å²) in [6, 6.07) is 4.71. The van der Waals surface area contributed by atoms with E-state index < -0.39 is 5.51 Å². The van der Waals surface area contributed by atoms with E-state index in [1.54, 1.807) is 19.1 Å². The van der Waals surface area contributed by atoms with Crippen molar-refractivity contribution in [2.45, 2.75) is 30.7 Å². The molecule has 16 heavy (non-hydrogen) atoms. The molecule has 0 N–H and O–H groups in total. The lowest BCUT2D eigenvalue weighted by atomic mass is 10.1. The highest BCUT2D eigenvalue weighted by Crippen LogP contribution is 2.38. The lowest BCUT2D eigenvalue weighted by Gasteiger charge is -2.09. The number of benzene rings is 1. The van der Waals surface area contributed by atoms with E-state index in [4.69, 9.17) is 0 Å². The first-order chi connectivity index (χ1) is 7.28. The summed E-state index contributed by atoms with van der Waals surface area (Å²) < 4.78 is 36.6. The van der Waals surface area contributed by atoms with Crippen LogP contribution in [-0.4, -0.2) is 11.3 Å². The average Bonchev–Trinajstić information content (AvgIpc) is 2.07. The molecule has 0 bridgehead atoms. The minimum absolute atomic E-state index is 0.0631. The summed E-state index contributed by atoms with van der Waals surface area (Å²) in [6.45, 7) is 3.03. The van der Waals surface area contributed by atoms with Gasteiger partial charge in [0.25, 0.3) is 0 Å². The predicted octanol–water partition coefficient (Wildman–Crippen LogP) is 3.74. The van der Waals surface area contributed by atoms with Crippen molar-refractivity contribution >= 4 is 17.5 Å². The Hall–Kier alpha value is -0.970. The first-order valence-corrected chi connectivity index (χ1v) is 5.44. The topological polar surface area (TPSA) is 17.1 Å². The molecule has 0 aliphatic rings. The van der Waals surface area contributed by atoms with Gasteiger partial charge in [-0.05, 0) is 42.8 Å². The largest absolute Gasteiger partial charge is 0.446 e. The number of Topliss-reactive ketones (excluding diaryl/α,β-unsaturated/α-hetero) is 1. The van der Waals surface area contributed by atoms with E-state index in [-0.39, 0.29) is 28.9 Å². The van der Waals surface area contributed by atoms with Gasteiger partial charge in [0, 0.05) is 11.3 Å². The summed E-state index contributed by atoms with van der Waals surface area (Å²) in [5.41, 5.74) is -3.11. The lowest BCUT2D eigenvalue weighted by molar-refractivity contribution is -0.116. The van der Waals surface area contributed by atoms with E-state index in [9.17, 15) is 18.0 Å². The molecule has 1 rings (SSSR count). The fourth-order valence-corrected chi connectivity index (χ4v) is 1.97. The Morgan fingerprint density at radius 1 is 1.38 bits per heavy atom. The molecule has 88 valence electrons. The number of alkyl halides is 3. The highest BCUT2D eigenvalue weighted by molar-refractivity contribution is 8.00. The summed E-state index contributed by atoms with van der Waals surface area (Å²) in [7, 11) is 0. The third-order valence-corrected chi connectivity index (χ3v) is 2.82. The summed E-state index contributed by atoms with van der Waals surface area (Å²) in [6.07, 6.45) is 0.172. The number of halogens is 3. The molecule has 0 fully saturated rings. The normalized spacial score (nSPS) is 11.6. The third kappa shape index (κ3) is 4.26. The van der Waals surface area contributed by atoms with Gasteiger partial charge >= 0.3 is 5.51 Å². The average molecular weight is 248 g/mol. The minimum atomic E-state index is -4.29. The van der Waals surface area contributed by atoms with Crippen molar-refractivity contribution in [1.82, 2.24) is 0 Å². The predicted molar refractivity (Wildman–Crippen MR) is 57.5 cm³/mol. The van der Waals surface area contributed by atoms with Crippen LogP contribution >= 0.6 is 11.8 Å². The zero-order valence-corrected chi connectivity index (χ0v) is 9.71. The molecule has 0 aliphatic heterocycles. The second-order valence-electron chi connectivity index (χ2n) is 3.53. The maximum Gasteiger partial charge on any atom is 0.446 e. The first-order valence-electron chi connectivity index (χ1n) is 4.62. The maximum absolute atomic E-state index is 12.2. The minimum Gasteiger partial charge on any atom is -0.300 e. The van der Waals surface area contributed by atoms with Crippen LogP contribution in [0.15, 0.2) is 23.1 Å². The molecule has 0 amide bonds. The molecule has 0 heterocycles. The number of carbonyl (C=O) groups excluding carboxylic acids is 1. The number of hydrogen-bond acceptors (Lipinski definition) is 2. The number of rotatable bonds is 3. The van der Waals surface area contributed by atoms with Gasteiger partial charge in [0.2, 0.25) is 0 Å². The van der Waals surface area contributed by atoms with E-state index in [0.29, 0.717) is 11.1 Å². The van der Waals surface area contributed by atoms with Crippen LogP contribution in [-0.2, 0) is 11.2 Å². The van der Waals surface area contributed by atoms with Crippen LogP contribution < -0.4 is 0 Å². The van der Waals surface area contributed by atoms with Crippen molar-refractivity contribution in [2.24, 2.45) is 0 Å². The molecule has 0 spiro atoms. The Morgan fingerprint density at radius 3 is 2.50 bits per heavy atom. The molecule has 1 nitrogen and oxygen atoms in total. The maximum atomic E-state index is 12.2. The Bertz CT molecular complexity index is 399. The second-order valence-corrected chi connectivity index (χ2v) is 4.63. The third-order valence-electron chi connectivity index (χ3n) is 1.93. The van der Waals surface area contributed by atoms with Gasteiger partial charge in [0.05, 0.1) is 0 Å². The molecule has 0 aromatic heterocycles. The van der Waals surface area contributed by atoms with Crippen LogP contribution in [0.25, 0.3) is 0 Å². The molecule has 0 radical (unpaired) electrons. The van der Waals surface area contributed by atoms with Crippen LogP contribution in [0.2, 0.25) is 0 Å². The van der Waals surface area contributed by atoms with E-state index in [1.807, 2.05) is 0 Å². The number of hydrogen-bond donors (Lipinski definition) is 0. The van der Waals surface area contributed by atoms with Crippen LogP contribution in [0, 0.1) is 6.92 Å². The van der Waals surface area contributed by atoms with E-state index in [1.165, 1.54) is 13.0 Å². The van der Waals surface area contributed by atoms with Crippen LogP contribution in [0.5, 0.6) is 0 Å². The highest BCUT2D eigenvalue weighted by Gasteiger charge is 2.29. The molecular formula is C11H11F3OS. The van der Waals surface area contributed by atoms with Gasteiger partial charge in [0.15, 0.2) is 0 Å². The van der Waals surface area contributed by atoms with Crippen molar-refractivity contribution < 1.29 is 18.0 Å². The van der Waals surface area contributed by atoms with Crippen molar-refractivity contribution in [3.8, 4) is 0 Å². The van der Waals surface area contributed by atoms with Gasteiger partial charge in [-0.25, -0.2) is 0 Å². The van der Waals surface area contributed by atoms with Crippen molar-refractivity contribution in [2.75, 3.05) is 0 Å². The standard InChI is InChI=1S/C11H11F3OS/c1-7-3-4-9(5-8(2)15)6-10(7)16-11(12,13)14/h3-4,6H,5H2,1-2H3. The Labute approximate surface area is 96.0 Å². The quantitative estimate of drug-likeness (QED) is 0.758. The highest BCUT2D eigenvalue weighted by atomic mass is 32.2. The summed E-state index contributed by atoms with van der Waals surface area (Å²) in [4.78, 5) is 11.0. The monoisotopic (exact) mass is 248 g/mol. The van der Waals surface area contributed by atoms with Gasteiger partial charge in [-0.2, -0.15) is 13.2 Å². The molecular weight excluding hydrogens is 237 g/mol. The van der Waals surface area contributed by atoms with E-state index in [2.05, 4.69) is 0 Å². The molecule has 0 unspecified atom stereocenters. The SMILES string of the molecule is CC(=O)Cc1ccc(C)c(SC(F)(F)F)c1. The van der Waals surface area contributed by atoms with Gasteiger partial charge in [0.1, 0.15) is 5.78 Å². The molecule has 1 aromatic carbocycles. The second kappa shape index (κ2) is 4.91. The van der Waals surface area contributed by atoms with Gasteiger partial charge < -0.3 is 0 Å². The Balaban J connectivity index is 2.95. The molecule has 0 aliphatic carbocycles. The Kier molecular flexibility index (Phi) is 4.02. The fraction of sp³-hybridized carbons (Fsp3) is 0.364. The Morgan fingerprint density at radius 2 is 2.00 bits per heavy atom. The number of thioether (sulfide) groups is 1. The van der Waals surface area contributed by atoms with Crippen LogP contribution in [0.3, 0.4) is 0 Å². The molecule has 5 heteroatoms. The summed E-state index contributed by atoms with van der Waals surface area (Å²) in [5.74, 6) is -0.0631. The lowest BCUT2D eigenvalue weighted by Crippen LogP contribution is -2.02. The van der Waals surface area contributed by atoms with Crippen molar-refractivity contribution in [3.63, 3.8) is 0 Å². The van der Waals surface area contributed by atoms with E-state index in [0.717, 1.165) is 0 Å². The summed E-state index contributed by atoms with van der Waals surface area (Å²) >= 11 is -0.143. The fourth-order valence-electron chi connectivity index (χ4n) is 1.28. The number of ketones is 1. The van der Waals surface area contributed by atoms with Crippen LogP contribution in [0.4, 0.5) is 13.2 Å². The summed E-state index contributed by atoms with van der Waals surface area (Å²) in [5, 5.41) is 0. The van der Waals surface area contributed by atoms with Crippen molar-refractivity contribution in [3.05, 3.63) is 29.3 Å². The van der Waals surface area contributed by atoms with Crippen molar-refractivity contribution in [1.29, 1.82) is 0 Å².